The van der Waals surface area contributed by atoms with E-state index in [4.69, 9.17) is 0 Å². The molecule has 0 bridgehead atoms. The monoisotopic (exact) mass is 279 g/mol. The van der Waals surface area contributed by atoms with Crippen LogP contribution in [0.2, 0.25) is 0 Å². The maximum atomic E-state index is 12.2. The number of amides is 1. The molecule has 1 aliphatic rings. The van der Waals surface area contributed by atoms with Gasteiger partial charge in [0.15, 0.2) is 9.84 Å². The molecule has 0 spiro atoms. The van der Waals surface area contributed by atoms with Crippen molar-refractivity contribution in [1.29, 1.82) is 0 Å². The van der Waals surface area contributed by atoms with Gasteiger partial charge in [-0.25, -0.2) is 8.42 Å². The van der Waals surface area contributed by atoms with E-state index in [0.717, 1.165) is 6.26 Å². The van der Waals surface area contributed by atoms with E-state index >= 15 is 0 Å². The fraction of sp³-hybridized carbons (Fsp3) is 0.357. The fourth-order valence-electron chi connectivity index (χ4n) is 2.10. The Morgan fingerprint density at radius 3 is 2.42 bits per heavy atom. The number of hydrogen-bond acceptors (Lipinski definition) is 3. The second kappa shape index (κ2) is 5.17. The lowest BCUT2D eigenvalue weighted by molar-refractivity contribution is 0.0753. The lowest BCUT2D eigenvalue weighted by atomic mass is 10.1. The second-order valence-electron chi connectivity index (χ2n) is 4.91. The van der Waals surface area contributed by atoms with Crippen molar-refractivity contribution in [2.75, 3.05) is 19.3 Å². The number of sulfone groups is 1. The van der Waals surface area contributed by atoms with Crippen molar-refractivity contribution >= 4 is 15.7 Å². The number of hydrogen-bond donors (Lipinski definition) is 0. The third-order valence-corrected chi connectivity index (χ3v) is 4.24. The summed E-state index contributed by atoms with van der Waals surface area (Å²) in [5.74, 6) is 0.296. The van der Waals surface area contributed by atoms with E-state index in [0.29, 0.717) is 24.6 Å². The van der Waals surface area contributed by atoms with Gasteiger partial charge in [0.1, 0.15) is 0 Å². The molecule has 1 aliphatic heterocycles. The van der Waals surface area contributed by atoms with E-state index in [1.165, 1.54) is 12.1 Å². The van der Waals surface area contributed by atoms with Crippen LogP contribution in [0, 0.1) is 5.92 Å². The predicted octanol–water partition coefficient (Wildman–Crippen LogP) is 1.74. The van der Waals surface area contributed by atoms with Gasteiger partial charge in [0, 0.05) is 24.9 Å². The molecule has 4 nitrogen and oxygen atoms in total. The molecule has 5 heteroatoms. The van der Waals surface area contributed by atoms with Crippen molar-refractivity contribution in [3.8, 4) is 0 Å². The SMILES string of the molecule is CC1C=CCN(C(=O)c2ccc(S(C)(=O)=O)cc2)C1. The largest absolute Gasteiger partial charge is 0.334 e. The Morgan fingerprint density at radius 1 is 1.26 bits per heavy atom. The summed E-state index contributed by atoms with van der Waals surface area (Å²) < 4.78 is 22.7. The summed E-state index contributed by atoms with van der Waals surface area (Å²) in [7, 11) is -3.21. The lowest BCUT2D eigenvalue weighted by Crippen LogP contribution is -2.36. The molecule has 2 rings (SSSR count). The van der Waals surface area contributed by atoms with E-state index in [-0.39, 0.29) is 10.8 Å². The Kier molecular flexibility index (Phi) is 3.75. The summed E-state index contributed by atoms with van der Waals surface area (Å²) in [4.78, 5) is 14.2. The molecule has 0 fully saturated rings. The molecule has 0 aromatic heterocycles. The van der Waals surface area contributed by atoms with Crippen molar-refractivity contribution in [3.63, 3.8) is 0 Å². The molecule has 0 radical (unpaired) electrons. The number of carbonyl (C=O) groups excluding carboxylic acids is 1. The average Bonchev–Trinajstić information content (AvgIpc) is 2.37. The highest BCUT2D eigenvalue weighted by Crippen LogP contribution is 2.15. The van der Waals surface area contributed by atoms with Crippen LogP contribution >= 0.6 is 0 Å². The van der Waals surface area contributed by atoms with Gasteiger partial charge < -0.3 is 4.90 Å². The van der Waals surface area contributed by atoms with E-state index in [1.54, 1.807) is 17.0 Å². The maximum Gasteiger partial charge on any atom is 0.254 e. The first-order valence-corrected chi connectivity index (χ1v) is 8.03. The minimum Gasteiger partial charge on any atom is -0.334 e. The van der Waals surface area contributed by atoms with E-state index < -0.39 is 9.84 Å². The number of carbonyl (C=O) groups is 1. The third kappa shape index (κ3) is 3.23. The highest BCUT2D eigenvalue weighted by molar-refractivity contribution is 7.90. The maximum absolute atomic E-state index is 12.2. The second-order valence-corrected chi connectivity index (χ2v) is 6.93. The quantitative estimate of drug-likeness (QED) is 0.775. The summed E-state index contributed by atoms with van der Waals surface area (Å²) in [6.07, 6.45) is 5.23. The molecule has 1 aromatic carbocycles. The summed E-state index contributed by atoms with van der Waals surface area (Å²) >= 11 is 0. The molecule has 1 unspecified atom stereocenters. The van der Waals surface area contributed by atoms with Gasteiger partial charge in [-0.15, -0.1) is 0 Å². The topological polar surface area (TPSA) is 54.5 Å². The number of benzene rings is 1. The first-order chi connectivity index (χ1) is 8.88. The van der Waals surface area contributed by atoms with Crippen molar-refractivity contribution in [3.05, 3.63) is 42.0 Å². The van der Waals surface area contributed by atoms with Crippen LogP contribution in [0.15, 0.2) is 41.3 Å². The van der Waals surface area contributed by atoms with E-state index in [9.17, 15) is 13.2 Å². The van der Waals surface area contributed by atoms with E-state index in [2.05, 4.69) is 13.0 Å². The van der Waals surface area contributed by atoms with Crippen molar-refractivity contribution in [1.82, 2.24) is 4.90 Å². The van der Waals surface area contributed by atoms with Gasteiger partial charge in [-0.2, -0.15) is 0 Å². The van der Waals surface area contributed by atoms with Crippen molar-refractivity contribution in [2.24, 2.45) is 5.92 Å². The van der Waals surface area contributed by atoms with Crippen LogP contribution in [-0.4, -0.2) is 38.6 Å². The zero-order valence-corrected chi connectivity index (χ0v) is 11.9. The summed E-state index contributed by atoms with van der Waals surface area (Å²) in [5, 5.41) is 0. The van der Waals surface area contributed by atoms with Crippen molar-refractivity contribution in [2.45, 2.75) is 11.8 Å². The Bertz CT molecular complexity index is 602. The zero-order valence-electron chi connectivity index (χ0n) is 11.0. The van der Waals surface area contributed by atoms with Crippen LogP contribution in [0.5, 0.6) is 0 Å². The summed E-state index contributed by atoms with van der Waals surface area (Å²) in [5.41, 5.74) is 0.523. The van der Waals surface area contributed by atoms with Gasteiger partial charge >= 0.3 is 0 Å². The lowest BCUT2D eigenvalue weighted by Gasteiger charge is -2.27. The van der Waals surface area contributed by atoms with Gasteiger partial charge in [-0.1, -0.05) is 19.1 Å². The first kappa shape index (κ1) is 13.8. The first-order valence-electron chi connectivity index (χ1n) is 6.14. The Morgan fingerprint density at radius 2 is 1.89 bits per heavy atom. The highest BCUT2D eigenvalue weighted by atomic mass is 32.2. The van der Waals surface area contributed by atoms with Crippen LogP contribution in [0.25, 0.3) is 0 Å². The molecule has 19 heavy (non-hydrogen) atoms. The molecule has 1 heterocycles. The molecule has 0 saturated carbocycles. The standard InChI is InChI=1S/C14H17NO3S/c1-11-4-3-9-15(10-11)14(16)12-5-7-13(8-6-12)19(2,17)18/h3-8,11H,9-10H2,1-2H3. The predicted molar refractivity (Wildman–Crippen MR) is 73.8 cm³/mol. The molecule has 102 valence electrons. The van der Waals surface area contributed by atoms with Gasteiger partial charge in [0.25, 0.3) is 5.91 Å². The number of nitrogens with zero attached hydrogens (tertiary/aromatic N) is 1. The number of rotatable bonds is 2. The summed E-state index contributed by atoms with van der Waals surface area (Å²) in [6, 6.07) is 6.10. The van der Waals surface area contributed by atoms with Gasteiger partial charge in [-0.3, -0.25) is 4.79 Å². The molecule has 1 atom stereocenters. The Balaban J connectivity index is 2.19. The fourth-order valence-corrected chi connectivity index (χ4v) is 2.73. The molecular formula is C14H17NO3S. The van der Waals surface area contributed by atoms with Crippen LogP contribution in [0.4, 0.5) is 0 Å². The van der Waals surface area contributed by atoms with Crippen LogP contribution in [0.1, 0.15) is 17.3 Å². The van der Waals surface area contributed by atoms with Gasteiger partial charge in [0.05, 0.1) is 4.90 Å². The molecule has 1 amide bonds. The van der Waals surface area contributed by atoms with Crippen LogP contribution < -0.4 is 0 Å². The highest BCUT2D eigenvalue weighted by Gasteiger charge is 2.19. The smallest absolute Gasteiger partial charge is 0.254 e. The van der Waals surface area contributed by atoms with Crippen LogP contribution in [0.3, 0.4) is 0 Å². The molecule has 0 saturated heterocycles. The summed E-state index contributed by atoms with van der Waals surface area (Å²) in [6.45, 7) is 3.36. The zero-order chi connectivity index (χ0) is 14.0. The van der Waals surface area contributed by atoms with Crippen molar-refractivity contribution < 1.29 is 13.2 Å². The Hall–Kier alpha value is -1.62. The third-order valence-electron chi connectivity index (χ3n) is 3.12. The van der Waals surface area contributed by atoms with Crippen LogP contribution in [-0.2, 0) is 9.84 Å². The molecule has 0 aliphatic carbocycles. The normalized spacial score (nSPS) is 19.5. The molecule has 0 N–H and O–H groups in total. The average molecular weight is 279 g/mol. The Labute approximate surface area is 113 Å². The minimum absolute atomic E-state index is 0.0590. The minimum atomic E-state index is -3.21. The van der Waals surface area contributed by atoms with Gasteiger partial charge in [-0.05, 0) is 30.2 Å². The molecule has 1 aromatic rings. The molecular weight excluding hydrogens is 262 g/mol. The van der Waals surface area contributed by atoms with E-state index in [1.807, 2.05) is 6.08 Å². The van der Waals surface area contributed by atoms with Gasteiger partial charge in [0.2, 0.25) is 0 Å².